The summed E-state index contributed by atoms with van der Waals surface area (Å²) < 4.78 is 45.3. The van der Waals surface area contributed by atoms with E-state index in [1.807, 2.05) is 26.0 Å². The van der Waals surface area contributed by atoms with E-state index < -0.39 is 16.3 Å². The molecule has 0 radical (unpaired) electrons. The summed E-state index contributed by atoms with van der Waals surface area (Å²) in [5, 5.41) is 13.6. The normalized spacial score (nSPS) is 15.9. The highest BCUT2D eigenvalue weighted by Crippen LogP contribution is 2.36. The number of aromatic nitrogens is 2. The second-order valence-corrected chi connectivity index (χ2v) is 9.01. The molecule has 32 heavy (non-hydrogen) atoms. The van der Waals surface area contributed by atoms with E-state index in [9.17, 15) is 18.2 Å². The molecule has 10 heteroatoms. The van der Waals surface area contributed by atoms with Gasteiger partial charge in [-0.2, -0.15) is 23.4 Å². The molecule has 0 amide bonds. The fourth-order valence-electron chi connectivity index (χ4n) is 3.92. The van der Waals surface area contributed by atoms with Crippen molar-refractivity contribution in [3.8, 4) is 34.7 Å². The Morgan fingerprint density at radius 2 is 2.12 bits per heavy atom. The maximum atomic E-state index is 11.3. The van der Waals surface area contributed by atoms with E-state index in [-0.39, 0.29) is 12.0 Å². The van der Waals surface area contributed by atoms with Gasteiger partial charge in [0.15, 0.2) is 0 Å². The third-order valence-corrected chi connectivity index (χ3v) is 5.76. The molecule has 166 valence electrons. The topological polar surface area (TPSA) is 138 Å². The minimum absolute atomic E-state index is 0.0636. The number of ether oxygens (including phenoxy) is 1. The Balaban J connectivity index is 1.68. The molecule has 2 N–H and O–H groups in total. The molecule has 1 atom stereocenters. The molecule has 0 aliphatic heterocycles. The van der Waals surface area contributed by atoms with Gasteiger partial charge in [0.05, 0.1) is 11.7 Å². The van der Waals surface area contributed by atoms with Crippen LogP contribution in [0.15, 0.2) is 40.9 Å². The van der Waals surface area contributed by atoms with E-state index in [0.29, 0.717) is 29.1 Å². The van der Waals surface area contributed by atoms with Crippen molar-refractivity contribution in [1.29, 1.82) is 5.26 Å². The van der Waals surface area contributed by atoms with Crippen LogP contribution < -0.4 is 9.46 Å². The summed E-state index contributed by atoms with van der Waals surface area (Å²) in [6, 6.07) is 12.2. The monoisotopic (exact) mass is 454 g/mol. The summed E-state index contributed by atoms with van der Waals surface area (Å²) in [5.74, 6) is 1.11. The van der Waals surface area contributed by atoms with Crippen LogP contribution in [0, 0.1) is 11.3 Å². The first-order valence-electron chi connectivity index (χ1n) is 10.2. The number of nitrogens with zero attached hydrogens (tertiary/aromatic N) is 3. The lowest BCUT2D eigenvalue weighted by molar-refractivity contribution is 0.241. The van der Waals surface area contributed by atoms with Crippen LogP contribution in [0.25, 0.3) is 22.8 Å². The van der Waals surface area contributed by atoms with Gasteiger partial charge in [0.25, 0.3) is 5.89 Å². The Hall–Kier alpha value is -3.26. The maximum absolute atomic E-state index is 11.3. The summed E-state index contributed by atoms with van der Waals surface area (Å²) in [6.45, 7) is 3.77. The quantitative estimate of drug-likeness (QED) is 0.536. The maximum Gasteiger partial charge on any atom is 0.333 e. The predicted octanol–water partition coefficient (Wildman–Crippen LogP) is 3.83. The van der Waals surface area contributed by atoms with Gasteiger partial charge in [-0.15, -0.1) is 0 Å². The van der Waals surface area contributed by atoms with E-state index in [4.69, 9.17) is 9.26 Å². The van der Waals surface area contributed by atoms with Crippen molar-refractivity contribution in [1.82, 2.24) is 14.9 Å². The van der Waals surface area contributed by atoms with Crippen LogP contribution >= 0.6 is 0 Å². The van der Waals surface area contributed by atoms with E-state index in [1.165, 1.54) is 0 Å². The van der Waals surface area contributed by atoms with Crippen molar-refractivity contribution in [2.75, 3.05) is 0 Å². The van der Waals surface area contributed by atoms with Crippen LogP contribution in [0.1, 0.15) is 49.4 Å². The molecule has 2 aromatic carbocycles. The molecule has 1 aliphatic carbocycles. The number of nitrogens with one attached hydrogen (secondary N) is 1. The SMILES string of the molecule is CC(C)Oc1ccc(-c2nc(-c3cccc4c3CCC[C@H]4NS(=O)(=O)O)no2)cc1C#N. The molecule has 0 saturated carbocycles. The number of rotatable bonds is 6. The summed E-state index contributed by atoms with van der Waals surface area (Å²) in [4.78, 5) is 4.51. The number of nitriles is 1. The van der Waals surface area contributed by atoms with Crippen LogP contribution in [0.2, 0.25) is 0 Å². The van der Waals surface area contributed by atoms with E-state index in [1.54, 1.807) is 24.3 Å². The molecular formula is C22H22N4O5S. The van der Waals surface area contributed by atoms with Crippen molar-refractivity contribution in [3.63, 3.8) is 0 Å². The van der Waals surface area contributed by atoms with Gasteiger partial charge in [-0.05, 0) is 62.4 Å². The predicted molar refractivity (Wildman–Crippen MR) is 116 cm³/mol. The minimum atomic E-state index is -4.33. The lowest BCUT2D eigenvalue weighted by Gasteiger charge is -2.26. The molecule has 0 fully saturated rings. The molecule has 1 aromatic heterocycles. The number of fused-ring (bicyclic) bond motifs is 1. The average Bonchev–Trinajstić information content (AvgIpc) is 3.22. The lowest BCUT2D eigenvalue weighted by atomic mass is 9.85. The van der Waals surface area contributed by atoms with Crippen molar-refractivity contribution >= 4 is 10.3 Å². The van der Waals surface area contributed by atoms with Crippen LogP contribution in [0.4, 0.5) is 0 Å². The Kier molecular flexibility index (Phi) is 5.97. The first-order valence-corrected chi connectivity index (χ1v) is 11.6. The summed E-state index contributed by atoms with van der Waals surface area (Å²) in [7, 11) is -4.33. The van der Waals surface area contributed by atoms with Crippen molar-refractivity contribution in [2.45, 2.75) is 45.3 Å². The Morgan fingerprint density at radius 3 is 2.84 bits per heavy atom. The molecule has 3 aromatic rings. The highest BCUT2D eigenvalue weighted by Gasteiger charge is 2.27. The largest absolute Gasteiger partial charge is 0.490 e. The van der Waals surface area contributed by atoms with Gasteiger partial charge in [0.1, 0.15) is 11.8 Å². The molecule has 0 bridgehead atoms. The zero-order chi connectivity index (χ0) is 22.9. The zero-order valence-corrected chi connectivity index (χ0v) is 18.4. The highest BCUT2D eigenvalue weighted by atomic mass is 32.2. The van der Waals surface area contributed by atoms with Crippen LogP contribution in [-0.2, 0) is 16.7 Å². The first kappa shape index (κ1) is 22.0. The lowest BCUT2D eigenvalue weighted by Crippen LogP contribution is -2.30. The standard InChI is InChI=1S/C22H22N4O5S/c1-13(2)30-20-10-9-14(11-15(20)12-23)22-24-21(25-31-22)18-7-3-6-17-16(18)5-4-8-19(17)26-32(27,28)29/h3,6-7,9-11,13,19,26H,4-5,8H2,1-2H3,(H,27,28,29)/t19-/m1/s1. The van der Waals surface area contributed by atoms with Crippen molar-refractivity contribution in [3.05, 3.63) is 53.1 Å². The minimum Gasteiger partial charge on any atom is -0.490 e. The summed E-state index contributed by atoms with van der Waals surface area (Å²) in [5.41, 5.74) is 3.38. The Morgan fingerprint density at radius 1 is 1.31 bits per heavy atom. The fourth-order valence-corrected chi connectivity index (χ4v) is 4.52. The second-order valence-electron chi connectivity index (χ2n) is 7.82. The molecular weight excluding hydrogens is 432 g/mol. The third-order valence-electron chi connectivity index (χ3n) is 5.18. The van der Waals surface area contributed by atoms with Crippen molar-refractivity contribution in [2.24, 2.45) is 0 Å². The zero-order valence-electron chi connectivity index (χ0n) is 17.6. The number of hydrogen-bond acceptors (Lipinski definition) is 7. The van der Waals surface area contributed by atoms with E-state index in [2.05, 4.69) is 20.9 Å². The molecule has 0 saturated heterocycles. The van der Waals surface area contributed by atoms with E-state index >= 15 is 0 Å². The molecule has 0 unspecified atom stereocenters. The van der Waals surface area contributed by atoms with Crippen molar-refractivity contribution < 1.29 is 22.2 Å². The number of hydrogen-bond donors (Lipinski definition) is 2. The van der Waals surface area contributed by atoms with Gasteiger partial charge in [0, 0.05) is 17.2 Å². The van der Waals surface area contributed by atoms with Gasteiger partial charge < -0.3 is 9.26 Å². The van der Waals surface area contributed by atoms with Gasteiger partial charge in [-0.3, -0.25) is 4.55 Å². The number of benzene rings is 2. The third kappa shape index (κ3) is 4.65. The van der Waals surface area contributed by atoms with Crippen LogP contribution in [0.5, 0.6) is 5.75 Å². The summed E-state index contributed by atoms with van der Waals surface area (Å²) >= 11 is 0. The van der Waals surface area contributed by atoms with Gasteiger partial charge in [-0.1, -0.05) is 23.4 Å². The average molecular weight is 455 g/mol. The molecule has 4 rings (SSSR count). The fraction of sp³-hybridized carbons (Fsp3) is 0.318. The van der Waals surface area contributed by atoms with Crippen LogP contribution in [-0.4, -0.2) is 29.2 Å². The molecule has 1 heterocycles. The highest BCUT2D eigenvalue weighted by molar-refractivity contribution is 7.83. The molecule has 1 aliphatic rings. The van der Waals surface area contributed by atoms with Gasteiger partial charge in [-0.25, -0.2) is 0 Å². The first-order chi connectivity index (χ1) is 15.2. The Labute approximate surface area is 185 Å². The van der Waals surface area contributed by atoms with Gasteiger partial charge >= 0.3 is 10.3 Å². The molecule has 0 spiro atoms. The smallest absolute Gasteiger partial charge is 0.333 e. The summed E-state index contributed by atoms with van der Waals surface area (Å²) in [6.07, 6.45) is 1.98. The van der Waals surface area contributed by atoms with E-state index in [0.717, 1.165) is 29.5 Å². The second kappa shape index (κ2) is 8.70. The van der Waals surface area contributed by atoms with Gasteiger partial charge in [0.2, 0.25) is 5.82 Å². The Bertz CT molecular complexity index is 1290. The van der Waals surface area contributed by atoms with Crippen LogP contribution in [0.3, 0.4) is 0 Å². The molecule has 9 nitrogen and oxygen atoms in total.